The van der Waals surface area contributed by atoms with E-state index in [1.807, 2.05) is 31.3 Å². The second-order valence-corrected chi connectivity index (χ2v) is 6.25. The third-order valence-electron chi connectivity index (χ3n) is 3.53. The number of aromatic nitrogens is 1. The van der Waals surface area contributed by atoms with Crippen LogP contribution in [0.1, 0.15) is 24.1 Å². The number of benzene rings is 1. The van der Waals surface area contributed by atoms with Gasteiger partial charge in [-0.2, -0.15) is 0 Å². The monoisotopic (exact) mass is 300 g/mol. The summed E-state index contributed by atoms with van der Waals surface area (Å²) in [6.07, 6.45) is 6.55. The maximum absolute atomic E-state index is 6.05. The van der Waals surface area contributed by atoms with Crippen LogP contribution in [0.2, 0.25) is 0 Å². The van der Waals surface area contributed by atoms with E-state index < -0.39 is 0 Å². The lowest BCUT2D eigenvalue weighted by atomic mass is 10.2. The van der Waals surface area contributed by atoms with Gasteiger partial charge in [0.25, 0.3) is 0 Å². The zero-order valence-electron chi connectivity index (χ0n) is 12.4. The van der Waals surface area contributed by atoms with Gasteiger partial charge in [-0.15, -0.1) is 11.8 Å². The summed E-state index contributed by atoms with van der Waals surface area (Å²) in [5.74, 6) is 1.76. The van der Waals surface area contributed by atoms with Crippen molar-refractivity contribution < 1.29 is 4.74 Å². The predicted molar refractivity (Wildman–Crippen MR) is 87.1 cm³/mol. The molecule has 0 unspecified atom stereocenters. The lowest BCUT2D eigenvalue weighted by Gasteiger charge is -2.12. The normalized spacial score (nSPS) is 14.2. The van der Waals surface area contributed by atoms with Crippen LogP contribution in [0.15, 0.2) is 41.4 Å². The highest BCUT2D eigenvalue weighted by Gasteiger charge is 2.20. The molecule has 0 atom stereocenters. The smallest absolute Gasteiger partial charge is 0.135 e. The van der Waals surface area contributed by atoms with Crippen molar-refractivity contribution >= 4 is 11.8 Å². The van der Waals surface area contributed by atoms with Crippen LogP contribution >= 0.6 is 11.8 Å². The first-order valence-electron chi connectivity index (χ1n) is 7.25. The lowest BCUT2D eigenvalue weighted by molar-refractivity contribution is 0.470. The summed E-state index contributed by atoms with van der Waals surface area (Å²) in [6, 6.07) is 10.9. The lowest BCUT2D eigenvalue weighted by Crippen LogP contribution is -2.16. The van der Waals surface area contributed by atoms with E-state index in [4.69, 9.17) is 4.74 Å². The van der Waals surface area contributed by atoms with E-state index >= 15 is 0 Å². The van der Waals surface area contributed by atoms with Crippen molar-refractivity contribution in [2.45, 2.75) is 37.2 Å². The van der Waals surface area contributed by atoms with Gasteiger partial charge in [0.1, 0.15) is 11.5 Å². The fraction of sp³-hybridized carbons (Fsp3) is 0.353. The number of pyridine rings is 1. The van der Waals surface area contributed by atoms with Gasteiger partial charge in [0.05, 0.1) is 0 Å². The molecular weight excluding hydrogens is 280 g/mol. The Morgan fingerprint density at radius 1 is 1.29 bits per heavy atom. The van der Waals surface area contributed by atoms with Crippen molar-refractivity contribution in [1.29, 1.82) is 0 Å². The van der Waals surface area contributed by atoms with Crippen LogP contribution in [0.4, 0.5) is 0 Å². The molecule has 1 saturated carbocycles. The molecule has 3 rings (SSSR count). The summed E-state index contributed by atoms with van der Waals surface area (Å²) >= 11 is 1.73. The van der Waals surface area contributed by atoms with Crippen molar-refractivity contribution in [1.82, 2.24) is 10.3 Å². The summed E-state index contributed by atoms with van der Waals surface area (Å²) in [5, 5.41) is 3.51. The molecule has 0 bridgehead atoms. The fourth-order valence-electron chi connectivity index (χ4n) is 2.10. The average Bonchev–Trinajstić information content (AvgIpc) is 3.31. The van der Waals surface area contributed by atoms with Crippen LogP contribution in [0.3, 0.4) is 0 Å². The maximum Gasteiger partial charge on any atom is 0.135 e. The van der Waals surface area contributed by atoms with Crippen molar-refractivity contribution in [2.24, 2.45) is 0 Å². The molecule has 0 amide bonds. The Morgan fingerprint density at radius 3 is 2.71 bits per heavy atom. The molecule has 110 valence electrons. The summed E-state index contributed by atoms with van der Waals surface area (Å²) in [5.41, 5.74) is 2.09. The molecule has 1 aromatic heterocycles. The summed E-state index contributed by atoms with van der Waals surface area (Å²) in [4.78, 5) is 5.62. The molecule has 4 heteroatoms. The standard InChI is InChI=1S/C17H20N2OS/c1-12-9-17(13(10-18-12)11-19-14-3-4-14)20-15-5-7-16(21-2)8-6-15/h5-10,14,19H,3-4,11H2,1-2H3. The van der Waals surface area contributed by atoms with Crippen LogP contribution in [-0.2, 0) is 6.54 Å². The highest BCUT2D eigenvalue weighted by atomic mass is 32.2. The van der Waals surface area contributed by atoms with Gasteiger partial charge < -0.3 is 10.1 Å². The molecule has 1 aromatic carbocycles. The van der Waals surface area contributed by atoms with Gasteiger partial charge in [0.2, 0.25) is 0 Å². The molecule has 0 saturated heterocycles. The minimum absolute atomic E-state index is 0.681. The van der Waals surface area contributed by atoms with Gasteiger partial charge in [-0.05, 0) is 50.3 Å². The first-order valence-corrected chi connectivity index (χ1v) is 8.48. The van der Waals surface area contributed by atoms with Crippen molar-refractivity contribution in [3.05, 3.63) is 47.8 Å². The first-order chi connectivity index (χ1) is 10.2. The predicted octanol–water partition coefficient (Wildman–Crippen LogP) is 4.16. The molecule has 1 heterocycles. The quantitative estimate of drug-likeness (QED) is 0.812. The third kappa shape index (κ3) is 3.99. The van der Waals surface area contributed by atoms with Gasteiger partial charge >= 0.3 is 0 Å². The molecule has 1 fully saturated rings. The Hall–Kier alpha value is -1.52. The number of hydrogen-bond acceptors (Lipinski definition) is 4. The van der Waals surface area contributed by atoms with Crippen LogP contribution < -0.4 is 10.1 Å². The van der Waals surface area contributed by atoms with E-state index in [9.17, 15) is 0 Å². The number of nitrogens with zero attached hydrogens (tertiary/aromatic N) is 1. The van der Waals surface area contributed by atoms with Crippen molar-refractivity contribution in [3.8, 4) is 11.5 Å². The number of thioether (sulfide) groups is 1. The molecule has 21 heavy (non-hydrogen) atoms. The molecule has 0 spiro atoms. The average molecular weight is 300 g/mol. The molecule has 1 aliphatic rings. The van der Waals surface area contributed by atoms with Gasteiger partial charge in [0.15, 0.2) is 0 Å². The third-order valence-corrected chi connectivity index (χ3v) is 4.27. The van der Waals surface area contributed by atoms with Crippen LogP contribution in [0.25, 0.3) is 0 Å². The van der Waals surface area contributed by atoms with E-state index in [0.717, 1.165) is 29.3 Å². The topological polar surface area (TPSA) is 34.1 Å². The van der Waals surface area contributed by atoms with Gasteiger partial charge in [-0.1, -0.05) is 0 Å². The van der Waals surface area contributed by atoms with Gasteiger partial charge in [0, 0.05) is 41.0 Å². The molecule has 3 nitrogen and oxygen atoms in total. The molecule has 1 aliphatic carbocycles. The summed E-state index contributed by atoms with van der Waals surface area (Å²) in [7, 11) is 0. The van der Waals surface area contributed by atoms with Crippen LogP contribution in [0.5, 0.6) is 11.5 Å². The second-order valence-electron chi connectivity index (χ2n) is 5.37. The van der Waals surface area contributed by atoms with Gasteiger partial charge in [-0.3, -0.25) is 4.98 Å². The van der Waals surface area contributed by atoms with Gasteiger partial charge in [-0.25, -0.2) is 0 Å². The molecule has 2 aromatic rings. The minimum atomic E-state index is 0.681. The Bertz CT molecular complexity index is 609. The van der Waals surface area contributed by atoms with Crippen LogP contribution in [0, 0.1) is 6.92 Å². The van der Waals surface area contributed by atoms with E-state index in [-0.39, 0.29) is 0 Å². The summed E-state index contributed by atoms with van der Waals surface area (Å²) < 4.78 is 6.05. The highest BCUT2D eigenvalue weighted by molar-refractivity contribution is 7.98. The van der Waals surface area contributed by atoms with E-state index in [0.29, 0.717) is 6.04 Å². The Morgan fingerprint density at radius 2 is 2.05 bits per heavy atom. The SMILES string of the molecule is CSc1ccc(Oc2cc(C)ncc2CNC2CC2)cc1. The fourth-order valence-corrected chi connectivity index (χ4v) is 2.51. The molecule has 0 radical (unpaired) electrons. The Kier molecular flexibility index (Phi) is 4.46. The van der Waals surface area contributed by atoms with Crippen LogP contribution in [-0.4, -0.2) is 17.3 Å². The number of rotatable bonds is 6. The van der Waals surface area contributed by atoms with Crippen molar-refractivity contribution in [3.63, 3.8) is 0 Å². The zero-order chi connectivity index (χ0) is 14.7. The van der Waals surface area contributed by atoms with Crippen molar-refractivity contribution in [2.75, 3.05) is 6.26 Å². The number of aryl methyl sites for hydroxylation is 1. The highest BCUT2D eigenvalue weighted by Crippen LogP contribution is 2.28. The molecule has 0 aliphatic heterocycles. The second kappa shape index (κ2) is 6.50. The Balaban J connectivity index is 1.76. The largest absolute Gasteiger partial charge is 0.457 e. The zero-order valence-corrected chi connectivity index (χ0v) is 13.2. The van der Waals surface area contributed by atoms with E-state index in [2.05, 4.69) is 28.7 Å². The molecular formula is C17H20N2OS. The maximum atomic E-state index is 6.05. The number of nitrogens with one attached hydrogen (secondary N) is 1. The van der Waals surface area contributed by atoms with E-state index in [1.165, 1.54) is 17.7 Å². The number of hydrogen-bond donors (Lipinski definition) is 1. The number of ether oxygens (including phenoxy) is 1. The summed E-state index contributed by atoms with van der Waals surface area (Å²) in [6.45, 7) is 2.80. The molecule has 1 N–H and O–H groups in total. The first kappa shape index (κ1) is 14.4. The Labute approximate surface area is 130 Å². The van der Waals surface area contributed by atoms with E-state index in [1.54, 1.807) is 11.8 Å². The minimum Gasteiger partial charge on any atom is -0.457 e.